The molecule has 11 nitrogen and oxygen atoms in total. The zero-order valence-corrected chi connectivity index (χ0v) is 25.6. The molecule has 2 aliphatic rings. The van der Waals surface area contributed by atoms with Crippen molar-refractivity contribution in [3.8, 4) is 5.75 Å². The first kappa shape index (κ1) is 31.2. The number of nitrogens with one attached hydrogen (secondary N) is 1. The number of fused-ring (bicyclic) bond motifs is 2. The van der Waals surface area contributed by atoms with Crippen LogP contribution in [0.25, 0.3) is 11.0 Å². The maximum absolute atomic E-state index is 13.3. The molecule has 4 N–H and O–H groups in total. The summed E-state index contributed by atoms with van der Waals surface area (Å²) in [7, 11) is 1.90. The SMILES string of the molecule is CC=C(CCO)C(=O)OC(C)(C)C1(Cc2cc(N)ncc2CC(=O)N2CC(CNC)C2)Cc2cc3ccc(=O)oc3cc2O1. The highest BCUT2D eigenvalue weighted by Crippen LogP contribution is 2.46. The van der Waals surface area contributed by atoms with Gasteiger partial charge in [-0.3, -0.25) is 4.79 Å². The quantitative estimate of drug-likeness (QED) is 0.169. The molecule has 11 heteroatoms. The van der Waals surface area contributed by atoms with E-state index in [4.69, 9.17) is 19.6 Å². The number of benzene rings is 1. The number of carbonyl (C=O) groups is 2. The zero-order chi connectivity index (χ0) is 31.6. The molecule has 1 unspecified atom stereocenters. The van der Waals surface area contributed by atoms with Gasteiger partial charge in [0.15, 0.2) is 5.60 Å². The molecule has 0 radical (unpaired) electrons. The van der Waals surface area contributed by atoms with Crippen LogP contribution in [-0.4, -0.2) is 71.4 Å². The Balaban J connectivity index is 1.51. The molecule has 1 atom stereocenters. The van der Waals surface area contributed by atoms with Crippen LogP contribution in [0, 0.1) is 5.92 Å². The van der Waals surface area contributed by atoms with Crippen LogP contribution in [0.15, 0.2) is 57.4 Å². The number of anilines is 1. The van der Waals surface area contributed by atoms with Crippen molar-refractivity contribution < 1.29 is 28.6 Å². The monoisotopic (exact) mass is 604 g/mol. The third kappa shape index (κ3) is 6.20. The number of aliphatic hydroxyl groups excluding tert-OH is 1. The van der Waals surface area contributed by atoms with Gasteiger partial charge in [0.2, 0.25) is 5.91 Å². The standard InChI is InChI=1S/C33H40N4O7/c1-5-21(8-9-38)31(41)44-32(2,3)33(15-24-10-22-6-7-30(40)42-26(22)13-27(24)43-33)14-23-11-28(34)36-17-25(23)12-29(39)37-18-20(19-37)16-35-4/h5-7,10-11,13,17,20,35,38H,8-9,12,14-16,18-19H2,1-4H3,(H2,34,36). The molecule has 5 rings (SSSR count). The fraction of sp³-hybridized carbons (Fsp3) is 0.455. The molecule has 1 saturated heterocycles. The number of hydrogen-bond donors (Lipinski definition) is 3. The van der Waals surface area contributed by atoms with Crippen molar-refractivity contribution in [1.82, 2.24) is 15.2 Å². The van der Waals surface area contributed by atoms with E-state index >= 15 is 0 Å². The van der Waals surface area contributed by atoms with E-state index < -0.39 is 22.8 Å². The summed E-state index contributed by atoms with van der Waals surface area (Å²) in [6.07, 6.45) is 4.16. The highest BCUT2D eigenvalue weighted by molar-refractivity contribution is 5.88. The summed E-state index contributed by atoms with van der Waals surface area (Å²) < 4.78 is 18.3. The molecule has 3 aromatic rings. The smallest absolute Gasteiger partial charge is 0.336 e. The fourth-order valence-electron chi connectivity index (χ4n) is 6.09. The molecular formula is C33H40N4O7. The number of nitrogens with zero attached hydrogens (tertiary/aromatic N) is 2. The minimum atomic E-state index is -1.21. The Kier molecular flexibility index (Phi) is 8.80. The Bertz CT molecular complexity index is 1660. The van der Waals surface area contributed by atoms with Crippen LogP contribution in [0.4, 0.5) is 5.82 Å². The molecule has 1 aromatic carbocycles. The van der Waals surface area contributed by atoms with Crippen molar-refractivity contribution in [2.24, 2.45) is 5.92 Å². The Morgan fingerprint density at radius 3 is 2.73 bits per heavy atom. The van der Waals surface area contributed by atoms with Crippen molar-refractivity contribution in [1.29, 1.82) is 0 Å². The van der Waals surface area contributed by atoms with Gasteiger partial charge in [-0.25, -0.2) is 14.6 Å². The van der Waals surface area contributed by atoms with E-state index in [1.807, 2.05) is 18.0 Å². The van der Waals surface area contributed by atoms with Gasteiger partial charge >= 0.3 is 11.6 Å². The molecule has 1 fully saturated rings. The number of rotatable bonds is 11. The Hall–Kier alpha value is -4.22. The molecule has 0 bridgehead atoms. The van der Waals surface area contributed by atoms with E-state index in [0.717, 1.165) is 23.1 Å². The van der Waals surface area contributed by atoms with Crippen LogP contribution in [0.5, 0.6) is 5.75 Å². The highest BCUT2D eigenvalue weighted by atomic mass is 16.6. The van der Waals surface area contributed by atoms with Crippen LogP contribution < -0.4 is 21.4 Å². The number of hydrogen-bond acceptors (Lipinski definition) is 10. The predicted octanol–water partition coefficient (Wildman–Crippen LogP) is 2.56. The zero-order valence-electron chi connectivity index (χ0n) is 25.6. The van der Waals surface area contributed by atoms with E-state index in [0.29, 0.717) is 53.7 Å². The molecule has 2 aromatic heterocycles. The molecule has 0 spiro atoms. The Morgan fingerprint density at radius 1 is 1.25 bits per heavy atom. The summed E-state index contributed by atoms with van der Waals surface area (Å²) in [6.45, 7) is 7.37. The molecular weight excluding hydrogens is 564 g/mol. The van der Waals surface area contributed by atoms with E-state index in [1.54, 1.807) is 51.2 Å². The van der Waals surface area contributed by atoms with Gasteiger partial charge in [0.1, 0.15) is 22.8 Å². The minimum absolute atomic E-state index is 0.00328. The van der Waals surface area contributed by atoms with Crippen LogP contribution in [-0.2, 0) is 33.6 Å². The number of allylic oxidation sites excluding steroid dienone is 1. The van der Waals surface area contributed by atoms with Crippen molar-refractivity contribution >= 4 is 28.7 Å². The first-order chi connectivity index (χ1) is 21.0. The average molecular weight is 605 g/mol. The normalized spacial score (nSPS) is 18.6. The second kappa shape index (κ2) is 12.4. The largest absolute Gasteiger partial charge is 0.482 e. The molecule has 2 aliphatic heterocycles. The van der Waals surface area contributed by atoms with Gasteiger partial charge < -0.3 is 34.9 Å². The first-order valence-corrected chi connectivity index (χ1v) is 14.9. The van der Waals surface area contributed by atoms with Gasteiger partial charge in [-0.05, 0) is 62.7 Å². The average Bonchev–Trinajstić information content (AvgIpc) is 3.31. The first-order valence-electron chi connectivity index (χ1n) is 14.9. The van der Waals surface area contributed by atoms with Crippen molar-refractivity contribution in [3.63, 3.8) is 0 Å². The van der Waals surface area contributed by atoms with Crippen molar-refractivity contribution in [3.05, 3.63) is 75.3 Å². The fourth-order valence-corrected chi connectivity index (χ4v) is 6.09. The lowest BCUT2D eigenvalue weighted by Crippen LogP contribution is -2.58. The number of ether oxygens (including phenoxy) is 2. The Morgan fingerprint density at radius 2 is 2.02 bits per heavy atom. The van der Waals surface area contributed by atoms with Gasteiger partial charge in [-0.2, -0.15) is 0 Å². The molecule has 44 heavy (non-hydrogen) atoms. The van der Waals surface area contributed by atoms with Gasteiger partial charge in [-0.15, -0.1) is 0 Å². The lowest BCUT2D eigenvalue weighted by molar-refractivity contribution is -0.174. The lowest BCUT2D eigenvalue weighted by Gasteiger charge is -2.43. The van der Waals surface area contributed by atoms with E-state index in [9.17, 15) is 19.5 Å². The van der Waals surface area contributed by atoms with Crippen LogP contribution in [0.1, 0.15) is 43.9 Å². The van der Waals surface area contributed by atoms with Crippen molar-refractivity contribution in [2.75, 3.05) is 39.0 Å². The van der Waals surface area contributed by atoms with Crippen LogP contribution >= 0.6 is 0 Å². The summed E-state index contributed by atoms with van der Waals surface area (Å²) in [6, 6.07) is 8.40. The van der Waals surface area contributed by atoms with Crippen LogP contribution in [0.2, 0.25) is 0 Å². The number of carbonyl (C=O) groups excluding carboxylic acids is 2. The number of nitrogens with two attached hydrogens (primary N) is 1. The summed E-state index contributed by atoms with van der Waals surface area (Å²) in [5.74, 6) is 0.684. The molecule has 234 valence electrons. The third-order valence-corrected chi connectivity index (χ3v) is 8.75. The van der Waals surface area contributed by atoms with Gasteiger partial charge in [-0.1, -0.05) is 6.08 Å². The highest BCUT2D eigenvalue weighted by Gasteiger charge is 2.54. The topological polar surface area (TPSA) is 157 Å². The molecule has 1 amide bonds. The van der Waals surface area contributed by atoms with E-state index in [2.05, 4.69) is 10.3 Å². The minimum Gasteiger partial charge on any atom is -0.482 e. The van der Waals surface area contributed by atoms with Crippen molar-refractivity contribution in [2.45, 2.75) is 57.7 Å². The van der Waals surface area contributed by atoms with Crippen LogP contribution in [0.3, 0.4) is 0 Å². The maximum atomic E-state index is 13.3. The van der Waals surface area contributed by atoms with Gasteiger partial charge in [0.25, 0.3) is 0 Å². The number of nitrogen functional groups attached to an aromatic ring is 1. The number of esters is 1. The number of aliphatic hydroxyl groups is 1. The maximum Gasteiger partial charge on any atom is 0.336 e. The van der Waals surface area contributed by atoms with E-state index in [1.165, 1.54) is 6.07 Å². The van der Waals surface area contributed by atoms with Gasteiger partial charge in [0, 0.05) is 80.7 Å². The van der Waals surface area contributed by atoms with Gasteiger partial charge in [0.05, 0.1) is 6.42 Å². The molecule has 0 saturated carbocycles. The Labute approximate surface area is 256 Å². The summed E-state index contributed by atoms with van der Waals surface area (Å²) >= 11 is 0. The summed E-state index contributed by atoms with van der Waals surface area (Å²) in [5.41, 5.74) is 6.40. The van der Waals surface area contributed by atoms with E-state index in [-0.39, 0.29) is 31.8 Å². The summed E-state index contributed by atoms with van der Waals surface area (Å²) in [4.78, 5) is 44.6. The molecule has 4 heterocycles. The lowest BCUT2D eigenvalue weighted by atomic mass is 9.76. The molecule has 0 aliphatic carbocycles. The number of aromatic nitrogens is 1. The second-order valence-corrected chi connectivity index (χ2v) is 12.2. The second-order valence-electron chi connectivity index (χ2n) is 12.2. The summed E-state index contributed by atoms with van der Waals surface area (Å²) in [5, 5.41) is 13.4. The number of pyridine rings is 1. The third-order valence-electron chi connectivity index (χ3n) is 8.75. The predicted molar refractivity (Wildman–Crippen MR) is 165 cm³/mol. The number of likely N-dealkylation sites (tertiary alicyclic amines) is 1. The number of amides is 1.